The first-order chi connectivity index (χ1) is 10.1. The Kier molecular flexibility index (Phi) is 4.93. The minimum atomic E-state index is -0.364. The van der Waals surface area contributed by atoms with Crippen LogP contribution in [-0.2, 0) is 11.2 Å². The Balaban J connectivity index is 1.99. The maximum atomic E-state index is 13.2. The van der Waals surface area contributed by atoms with Crippen LogP contribution >= 0.6 is 0 Å². The average molecular weight is 287 g/mol. The highest BCUT2D eigenvalue weighted by Gasteiger charge is 2.07. The monoisotopic (exact) mass is 287 g/mol. The second-order valence-corrected chi connectivity index (χ2v) is 4.76. The number of amides is 1. The summed E-state index contributed by atoms with van der Waals surface area (Å²) in [6.45, 7) is 4.35. The van der Waals surface area contributed by atoms with E-state index in [0.29, 0.717) is 12.3 Å². The first-order valence-electron chi connectivity index (χ1n) is 6.86. The predicted molar refractivity (Wildman–Crippen MR) is 81.1 cm³/mol. The summed E-state index contributed by atoms with van der Waals surface area (Å²) in [6, 6.07) is 11.7. The fourth-order valence-corrected chi connectivity index (χ4v) is 1.98. The van der Waals surface area contributed by atoms with E-state index in [-0.39, 0.29) is 18.1 Å². The zero-order valence-corrected chi connectivity index (χ0v) is 12.2. The van der Waals surface area contributed by atoms with Crippen LogP contribution in [0.2, 0.25) is 0 Å². The molecule has 21 heavy (non-hydrogen) atoms. The number of aryl methyl sites for hydroxylation is 1. The summed E-state index contributed by atoms with van der Waals surface area (Å²) < 4.78 is 18.5. The van der Waals surface area contributed by atoms with Crippen molar-refractivity contribution in [3.8, 4) is 5.75 Å². The molecular weight excluding hydrogens is 269 g/mol. The molecule has 0 spiro atoms. The maximum Gasteiger partial charge on any atom is 0.228 e. The number of ether oxygens (including phenoxy) is 1. The lowest BCUT2D eigenvalue weighted by atomic mass is 10.1. The molecule has 0 aliphatic rings. The molecule has 0 aliphatic carbocycles. The van der Waals surface area contributed by atoms with Gasteiger partial charge in [-0.15, -0.1) is 0 Å². The van der Waals surface area contributed by atoms with Crippen molar-refractivity contribution in [2.24, 2.45) is 0 Å². The van der Waals surface area contributed by atoms with E-state index in [0.717, 1.165) is 16.9 Å². The smallest absolute Gasteiger partial charge is 0.228 e. The number of anilines is 1. The van der Waals surface area contributed by atoms with E-state index in [1.807, 2.05) is 38.1 Å². The van der Waals surface area contributed by atoms with Crippen LogP contribution in [0.1, 0.15) is 18.1 Å². The quantitative estimate of drug-likeness (QED) is 0.910. The van der Waals surface area contributed by atoms with Crippen LogP contribution in [0.25, 0.3) is 0 Å². The van der Waals surface area contributed by atoms with Gasteiger partial charge in [0.25, 0.3) is 0 Å². The molecule has 0 aliphatic heterocycles. The minimum Gasteiger partial charge on any atom is -0.494 e. The van der Waals surface area contributed by atoms with Gasteiger partial charge in [0.15, 0.2) is 0 Å². The average Bonchev–Trinajstić information content (AvgIpc) is 2.45. The number of nitrogens with one attached hydrogen (secondary N) is 1. The molecule has 2 aromatic carbocycles. The van der Waals surface area contributed by atoms with Crippen LogP contribution in [0.4, 0.5) is 10.1 Å². The van der Waals surface area contributed by atoms with Gasteiger partial charge in [0.1, 0.15) is 11.6 Å². The van der Waals surface area contributed by atoms with Gasteiger partial charge in [-0.1, -0.05) is 18.2 Å². The summed E-state index contributed by atoms with van der Waals surface area (Å²) in [7, 11) is 0. The Labute approximate surface area is 123 Å². The van der Waals surface area contributed by atoms with Gasteiger partial charge in [-0.3, -0.25) is 4.79 Å². The molecule has 1 N–H and O–H groups in total. The highest BCUT2D eigenvalue weighted by Crippen LogP contribution is 2.17. The molecule has 110 valence electrons. The van der Waals surface area contributed by atoms with Crippen molar-refractivity contribution in [3.05, 3.63) is 59.4 Å². The molecule has 1 amide bonds. The van der Waals surface area contributed by atoms with E-state index >= 15 is 0 Å². The van der Waals surface area contributed by atoms with Gasteiger partial charge in [0.2, 0.25) is 5.91 Å². The molecular formula is C17H18FNO2. The van der Waals surface area contributed by atoms with Crippen molar-refractivity contribution in [1.82, 2.24) is 0 Å². The zero-order valence-electron chi connectivity index (χ0n) is 12.2. The van der Waals surface area contributed by atoms with Crippen molar-refractivity contribution in [1.29, 1.82) is 0 Å². The van der Waals surface area contributed by atoms with Gasteiger partial charge in [-0.25, -0.2) is 4.39 Å². The molecule has 0 saturated heterocycles. The largest absolute Gasteiger partial charge is 0.494 e. The van der Waals surface area contributed by atoms with Crippen molar-refractivity contribution < 1.29 is 13.9 Å². The number of carbonyl (C=O) groups is 1. The van der Waals surface area contributed by atoms with E-state index in [4.69, 9.17) is 4.74 Å². The molecule has 0 saturated carbocycles. The van der Waals surface area contributed by atoms with Crippen molar-refractivity contribution in [2.45, 2.75) is 20.3 Å². The fraction of sp³-hybridized carbons (Fsp3) is 0.235. The fourth-order valence-electron chi connectivity index (χ4n) is 1.98. The van der Waals surface area contributed by atoms with Gasteiger partial charge in [0.05, 0.1) is 13.0 Å². The third kappa shape index (κ3) is 4.31. The predicted octanol–water partition coefficient (Wildman–Crippen LogP) is 3.71. The lowest BCUT2D eigenvalue weighted by Gasteiger charge is -2.09. The van der Waals surface area contributed by atoms with Crippen molar-refractivity contribution in [3.63, 3.8) is 0 Å². The molecule has 0 radical (unpaired) electrons. The number of carbonyl (C=O) groups excluding carboxylic acids is 1. The van der Waals surface area contributed by atoms with E-state index in [2.05, 4.69) is 5.32 Å². The molecule has 2 aromatic rings. The minimum absolute atomic E-state index is 0.173. The summed E-state index contributed by atoms with van der Waals surface area (Å²) >= 11 is 0. The van der Waals surface area contributed by atoms with Gasteiger partial charge in [-0.05, 0) is 49.2 Å². The lowest BCUT2D eigenvalue weighted by molar-refractivity contribution is -0.115. The molecule has 0 fully saturated rings. The van der Waals surface area contributed by atoms with Crippen LogP contribution in [0, 0.1) is 12.7 Å². The first kappa shape index (κ1) is 15.0. The Hall–Kier alpha value is -2.36. The third-order valence-electron chi connectivity index (χ3n) is 3.07. The van der Waals surface area contributed by atoms with Gasteiger partial charge in [0, 0.05) is 5.69 Å². The molecule has 0 atom stereocenters. The van der Waals surface area contributed by atoms with E-state index < -0.39 is 0 Å². The number of hydrogen-bond donors (Lipinski definition) is 1. The van der Waals surface area contributed by atoms with Gasteiger partial charge < -0.3 is 10.1 Å². The summed E-state index contributed by atoms with van der Waals surface area (Å²) in [4.78, 5) is 12.0. The van der Waals surface area contributed by atoms with E-state index in [1.165, 1.54) is 12.1 Å². The highest BCUT2D eigenvalue weighted by molar-refractivity contribution is 5.92. The number of benzene rings is 2. The molecule has 3 nitrogen and oxygen atoms in total. The molecule has 0 aromatic heterocycles. The second kappa shape index (κ2) is 6.88. The standard InChI is InChI=1S/C17H18FNO2/c1-3-21-15-8-5-13(6-9-15)10-17(20)19-16-11-14(18)7-4-12(16)2/h4-9,11H,3,10H2,1-2H3,(H,19,20). The first-order valence-corrected chi connectivity index (χ1v) is 6.86. The zero-order chi connectivity index (χ0) is 15.2. The van der Waals surface area contributed by atoms with Crippen LogP contribution in [0.3, 0.4) is 0 Å². The Morgan fingerprint density at radius 2 is 1.90 bits per heavy atom. The van der Waals surface area contributed by atoms with Crippen molar-refractivity contribution in [2.75, 3.05) is 11.9 Å². The second-order valence-electron chi connectivity index (χ2n) is 4.76. The molecule has 2 rings (SSSR count). The van der Waals surface area contributed by atoms with Crippen LogP contribution in [-0.4, -0.2) is 12.5 Å². The SMILES string of the molecule is CCOc1ccc(CC(=O)Nc2cc(F)ccc2C)cc1. The molecule has 0 unspecified atom stereocenters. The number of hydrogen-bond acceptors (Lipinski definition) is 2. The van der Waals surface area contributed by atoms with Gasteiger partial charge >= 0.3 is 0 Å². The third-order valence-corrected chi connectivity index (χ3v) is 3.07. The van der Waals surface area contributed by atoms with Crippen molar-refractivity contribution >= 4 is 11.6 Å². The summed E-state index contributed by atoms with van der Waals surface area (Å²) in [6.07, 6.45) is 0.238. The Morgan fingerprint density at radius 3 is 2.57 bits per heavy atom. The summed E-state index contributed by atoms with van der Waals surface area (Å²) in [5.41, 5.74) is 2.22. The lowest BCUT2D eigenvalue weighted by Crippen LogP contribution is -2.15. The number of rotatable bonds is 5. The molecule has 0 heterocycles. The van der Waals surface area contributed by atoms with Crippen LogP contribution < -0.4 is 10.1 Å². The topological polar surface area (TPSA) is 38.3 Å². The maximum absolute atomic E-state index is 13.2. The summed E-state index contributed by atoms with van der Waals surface area (Å²) in [5, 5.41) is 2.73. The van der Waals surface area contributed by atoms with E-state index in [1.54, 1.807) is 6.07 Å². The van der Waals surface area contributed by atoms with Gasteiger partial charge in [-0.2, -0.15) is 0 Å². The van der Waals surface area contributed by atoms with Crippen LogP contribution in [0.15, 0.2) is 42.5 Å². The molecule has 4 heteroatoms. The van der Waals surface area contributed by atoms with Crippen LogP contribution in [0.5, 0.6) is 5.75 Å². The summed E-state index contributed by atoms with van der Waals surface area (Å²) in [5.74, 6) is 0.243. The normalized spacial score (nSPS) is 10.2. The number of halogens is 1. The molecule has 0 bridgehead atoms. The Bertz CT molecular complexity index is 623. The Morgan fingerprint density at radius 1 is 1.19 bits per heavy atom. The van der Waals surface area contributed by atoms with E-state index in [9.17, 15) is 9.18 Å². The highest BCUT2D eigenvalue weighted by atomic mass is 19.1.